The van der Waals surface area contributed by atoms with E-state index in [1.165, 1.54) is 0 Å². The SMILES string of the molecule is CC(C)CN=C(N)NCCCOC(C)C. The number of hydrogen-bond donors (Lipinski definition) is 2. The van der Waals surface area contributed by atoms with Gasteiger partial charge in [-0.05, 0) is 26.2 Å². The van der Waals surface area contributed by atoms with Crippen molar-refractivity contribution in [2.75, 3.05) is 19.7 Å². The van der Waals surface area contributed by atoms with Gasteiger partial charge in [-0.1, -0.05) is 13.8 Å². The van der Waals surface area contributed by atoms with Crippen molar-refractivity contribution in [1.29, 1.82) is 0 Å². The zero-order valence-corrected chi connectivity index (χ0v) is 10.4. The van der Waals surface area contributed by atoms with Gasteiger partial charge in [0.2, 0.25) is 0 Å². The van der Waals surface area contributed by atoms with Crippen molar-refractivity contribution in [1.82, 2.24) is 5.32 Å². The van der Waals surface area contributed by atoms with Gasteiger partial charge < -0.3 is 15.8 Å². The summed E-state index contributed by atoms with van der Waals surface area (Å²) >= 11 is 0. The molecule has 0 radical (unpaired) electrons. The lowest BCUT2D eigenvalue weighted by atomic mass is 10.2. The quantitative estimate of drug-likeness (QED) is 0.383. The molecule has 4 nitrogen and oxygen atoms in total. The normalized spacial score (nSPS) is 12.5. The molecule has 0 aromatic rings. The molecule has 0 spiro atoms. The molecule has 0 aliphatic rings. The summed E-state index contributed by atoms with van der Waals surface area (Å²) in [5, 5.41) is 3.06. The van der Waals surface area contributed by atoms with Gasteiger partial charge in [-0.15, -0.1) is 0 Å². The monoisotopic (exact) mass is 215 g/mol. The molecule has 0 amide bonds. The Bertz CT molecular complexity index is 179. The Hall–Kier alpha value is -0.770. The van der Waals surface area contributed by atoms with Gasteiger partial charge in [0, 0.05) is 19.7 Å². The summed E-state index contributed by atoms with van der Waals surface area (Å²) < 4.78 is 5.40. The van der Waals surface area contributed by atoms with Crippen LogP contribution in [0.2, 0.25) is 0 Å². The third-order valence-electron chi connectivity index (χ3n) is 1.71. The highest BCUT2D eigenvalue weighted by Crippen LogP contribution is 1.91. The zero-order chi connectivity index (χ0) is 11.7. The number of hydrogen-bond acceptors (Lipinski definition) is 2. The second-order valence-electron chi connectivity index (χ2n) is 4.32. The van der Waals surface area contributed by atoms with Gasteiger partial charge in [0.15, 0.2) is 5.96 Å². The number of aliphatic imine (C=N–C) groups is 1. The van der Waals surface area contributed by atoms with Crippen LogP contribution in [0.4, 0.5) is 0 Å². The highest BCUT2D eigenvalue weighted by Gasteiger charge is 1.95. The first kappa shape index (κ1) is 14.2. The van der Waals surface area contributed by atoms with Crippen molar-refractivity contribution in [3.05, 3.63) is 0 Å². The molecule has 0 atom stereocenters. The summed E-state index contributed by atoms with van der Waals surface area (Å²) in [6.45, 7) is 10.7. The van der Waals surface area contributed by atoms with Crippen molar-refractivity contribution in [2.45, 2.75) is 40.2 Å². The van der Waals surface area contributed by atoms with Crippen LogP contribution in [0.25, 0.3) is 0 Å². The molecule has 0 aliphatic carbocycles. The largest absolute Gasteiger partial charge is 0.379 e. The van der Waals surface area contributed by atoms with Crippen molar-refractivity contribution in [3.8, 4) is 0 Å². The van der Waals surface area contributed by atoms with Gasteiger partial charge in [-0.3, -0.25) is 4.99 Å². The summed E-state index contributed by atoms with van der Waals surface area (Å²) in [6.07, 6.45) is 1.26. The number of rotatable bonds is 7. The Morgan fingerprint density at radius 1 is 1.33 bits per heavy atom. The minimum atomic E-state index is 0.303. The van der Waals surface area contributed by atoms with Crippen LogP contribution in [0.5, 0.6) is 0 Å². The number of nitrogens with one attached hydrogen (secondary N) is 1. The molecule has 4 heteroatoms. The van der Waals surface area contributed by atoms with E-state index in [0.29, 0.717) is 18.0 Å². The average Bonchev–Trinajstić information content (AvgIpc) is 2.13. The molecule has 0 heterocycles. The molecule has 0 aromatic carbocycles. The predicted octanol–water partition coefficient (Wildman–Crippen LogP) is 1.36. The molecular weight excluding hydrogens is 190 g/mol. The Morgan fingerprint density at radius 3 is 2.53 bits per heavy atom. The first-order chi connectivity index (χ1) is 7.02. The van der Waals surface area contributed by atoms with Crippen molar-refractivity contribution >= 4 is 5.96 Å². The van der Waals surface area contributed by atoms with Gasteiger partial charge in [0.1, 0.15) is 0 Å². The van der Waals surface area contributed by atoms with Crippen LogP contribution in [0, 0.1) is 5.92 Å². The van der Waals surface area contributed by atoms with E-state index >= 15 is 0 Å². The van der Waals surface area contributed by atoms with Crippen LogP contribution in [-0.2, 0) is 4.74 Å². The van der Waals surface area contributed by atoms with Gasteiger partial charge in [0.05, 0.1) is 6.10 Å². The van der Waals surface area contributed by atoms with E-state index in [0.717, 1.165) is 26.1 Å². The van der Waals surface area contributed by atoms with E-state index in [2.05, 4.69) is 24.2 Å². The minimum Gasteiger partial charge on any atom is -0.379 e. The van der Waals surface area contributed by atoms with Crippen LogP contribution in [-0.4, -0.2) is 31.8 Å². The maximum atomic E-state index is 5.66. The third kappa shape index (κ3) is 11.2. The molecule has 0 saturated heterocycles. The molecule has 0 saturated carbocycles. The average molecular weight is 215 g/mol. The van der Waals surface area contributed by atoms with Crippen molar-refractivity contribution in [2.24, 2.45) is 16.6 Å². The highest BCUT2D eigenvalue weighted by molar-refractivity contribution is 5.77. The number of guanidine groups is 1. The van der Waals surface area contributed by atoms with Gasteiger partial charge >= 0.3 is 0 Å². The third-order valence-corrected chi connectivity index (χ3v) is 1.71. The summed E-state index contributed by atoms with van der Waals surface area (Å²) in [5.41, 5.74) is 5.66. The van der Waals surface area contributed by atoms with E-state index in [1.54, 1.807) is 0 Å². The first-order valence-corrected chi connectivity index (χ1v) is 5.67. The van der Waals surface area contributed by atoms with E-state index in [9.17, 15) is 0 Å². The fraction of sp³-hybridized carbons (Fsp3) is 0.909. The van der Waals surface area contributed by atoms with Crippen LogP contribution < -0.4 is 11.1 Å². The van der Waals surface area contributed by atoms with Crippen LogP contribution in [0.1, 0.15) is 34.1 Å². The van der Waals surface area contributed by atoms with Gasteiger partial charge in [0.25, 0.3) is 0 Å². The van der Waals surface area contributed by atoms with Crippen molar-refractivity contribution in [3.63, 3.8) is 0 Å². The van der Waals surface area contributed by atoms with Gasteiger partial charge in [-0.25, -0.2) is 0 Å². The zero-order valence-electron chi connectivity index (χ0n) is 10.4. The number of nitrogens with two attached hydrogens (primary N) is 1. The summed E-state index contributed by atoms with van der Waals surface area (Å²) in [4.78, 5) is 4.20. The second kappa shape index (κ2) is 8.53. The lowest BCUT2D eigenvalue weighted by Crippen LogP contribution is -2.33. The highest BCUT2D eigenvalue weighted by atomic mass is 16.5. The molecule has 3 N–H and O–H groups in total. The fourth-order valence-electron chi connectivity index (χ4n) is 0.944. The maximum Gasteiger partial charge on any atom is 0.188 e. The van der Waals surface area contributed by atoms with E-state index in [4.69, 9.17) is 10.5 Å². The molecule has 0 fully saturated rings. The summed E-state index contributed by atoms with van der Waals surface area (Å²) in [6, 6.07) is 0. The minimum absolute atomic E-state index is 0.303. The second-order valence-corrected chi connectivity index (χ2v) is 4.32. The number of nitrogens with zero attached hydrogens (tertiary/aromatic N) is 1. The van der Waals surface area contributed by atoms with E-state index in [1.807, 2.05) is 13.8 Å². The molecular formula is C11H25N3O. The molecule has 0 unspecified atom stereocenters. The maximum absolute atomic E-state index is 5.66. The molecule has 0 aromatic heterocycles. The molecule has 0 aliphatic heterocycles. The summed E-state index contributed by atoms with van der Waals surface area (Å²) in [7, 11) is 0. The fourth-order valence-corrected chi connectivity index (χ4v) is 0.944. The number of ether oxygens (including phenoxy) is 1. The van der Waals surface area contributed by atoms with Crippen LogP contribution >= 0.6 is 0 Å². The van der Waals surface area contributed by atoms with Crippen molar-refractivity contribution < 1.29 is 4.74 Å². The molecule has 90 valence electrons. The predicted molar refractivity (Wildman–Crippen MR) is 65.0 cm³/mol. The Kier molecular flexibility index (Phi) is 8.09. The smallest absolute Gasteiger partial charge is 0.188 e. The van der Waals surface area contributed by atoms with E-state index in [-0.39, 0.29) is 0 Å². The van der Waals surface area contributed by atoms with Gasteiger partial charge in [-0.2, -0.15) is 0 Å². The topological polar surface area (TPSA) is 59.6 Å². The summed E-state index contributed by atoms with van der Waals surface area (Å²) in [5.74, 6) is 1.09. The Morgan fingerprint density at radius 2 is 2.00 bits per heavy atom. The Balaban J connectivity index is 3.38. The molecule has 0 rings (SSSR count). The standard InChI is InChI=1S/C11H25N3O/c1-9(2)8-14-11(12)13-6-5-7-15-10(3)4/h9-10H,5-8H2,1-4H3,(H3,12,13,14). The Labute approximate surface area is 93.3 Å². The molecule has 15 heavy (non-hydrogen) atoms. The first-order valence-electron chi connectivity index (χ1n) is 5.67. The van der Waals surface area contributed by atoms with E-state index < -0.39 is 0 Å². The van der Waals surface area contributed by atoms with Crippen LogP contribution in [0.15, 0.2) is 4.99 Å². The molecule has 0 bridgehead atoms. The lowest BCUT2D eigenvalue weighted by Gasteiger charge is -2.08. The lowest BCUT2D eigenvalue weighted by molar-refractivity contribution is 0.0777. The van der Waals surface area contributed by atoms with Crippen LogP contribution in [0.3, 0.4) is 0 Å².